The molecule has 1 N–H and O–H groups in total. The van der Waals surface area contributed by atoms with Crippen LogP contribution in [0.2, 0.25) is 0 Å². The van der Waals surface area contributed by atoms with Crippen molar-refractivity contribution in [2.45, 2.75) is 97.8 Å². The second-order valence-corrected chi connectivity index (χ2v) is 9.29. The van der Waals surface area contributed by atoms with Gasteiger partial charge in [0.05, 0.1) is 6.04 Å². The number of imide groups is 1. The topological polar surface area (TPSA) is 101 Å². The van der Waals surface area contributed by atoms with Gasteiger partial charge in [-0.25, -0.2) is 0 Å². The SMILES string of the molecule is CC.CC.CSSC1CC(=O)N(CCCCCC(=O)NC(CCC(C)=O)C(C)=O)C1=O. The number of Topliss-reactive ketones (excluding diaryl/α,β-unsaturated/α-hetero) is 2. The molecule has 0 spiro atoms. The fraction of sp³-hybridized carbons (Fsp3) is 0.773. The van der Waals surface area contributed by atoms with Crippen LogP contribution in [0.5, 0.6) is 0 Å². The average Bonchev–Trinajstić information content (AvgIpc) is 3.01. The van der Waals surface area contributed by atoms with Crippen LogP contribution in [0.4, 0.5) is 0 Å². The van der Waals surface area contributed by atoms with Crippen LogP contribution >= 0.6 is 21.6 Å². The fourth-order valence-corrected chi connectivity index (χ4v) is 4.60. The third-order valence-corrected chi connectivity index (χ3v) is 6.38. The molecule has 0 radical (unpaired) electrons. The lowest BCUT2D eigenvalue weighted by molar-refractivity contribution is -0.138. The number of ketones is 2. The third kappa shape index (κ3) is 13.6. The van der Waals surface area contributed by atoms with Crippen molar-refractivity contribution in [2.24, 2.45) is 0 Å². The number of hydrogen-bond donors (Lipinski definition) is 1. The largest absolute Gasteiger partial charge is 0.346 e. The summed E-state index contributed by atoms with van der Waals surface area (Å²) < 4.78 is 0. The monoisotopic (exact) mass is 476 g/mol. The van der Waals surface area contributed by atoms with Crippen molar-refractivity contribution in [3.05, 3.63) is 0 Å². The second kappa shape index (κ2) is 19.3. The van der Waals surface area contributed by atoms with Gasteiger partial charge in [0, 0.05) is 25.8 Å². The van der Waals surface area contributed by atoms with Crippen molar-refractivity contribution in [1.82, 2.24) is 10.2 Å². The van der Waals surface area contributed by atoms with Gasteiger partial charge >= 0.3 is 0 Å². The zero-order valence-corrected chi connectivity index (χ0v) is 21.7. The molecule has 1 aliphatic heterocycles. The lowest BCUT2D eigenvalue weighted by Gasteiger charge is -2.16. The lowest BCUT2D eigenvalue weighted by Crippen LogP contribution is -2.39. The molecule has 7 nitrogen and oxygen atoms in total. The van der Waals surface area contributed by atoms with E-state index in [1.807, 2.05) is 34.0 Å². The maximum absolute atomic E-state index is 12.1. The third-order valence-electron chi connectivity index (χ3n) is 4.31. The summed E-state index contributed by atoms with van der Waals surface area (Å²) in [6.45, 7) is 11.2. The van der Waals surface area contributed by atoms with E-state index in [2.05, 4.69) is 5.32 Å². The van der Waals surface area contributed by atoms with Crippen LogP contribution in [-0.4, -0.2) is 58.3 Å². The molecular weight excluding hydrogens is 436 g/mol. The highest BCUT2D eigenvalue weighted by Crippen LogP contribution is 2.32. The fourth-order valence-electron chi connectivity index (χ4n) is 2.80. The van der Waals surface area contributed by atoms with Gasteiger partial charge in [0.25, 0.3) is 0 Å². The average molecular weight is 477 g/mol. The summed E-state index contributed by atoms with van der Waals surface area (Å²) >= 11 is 0. The van der Waals surface area contributed by atoms with Gasteiger partial charge in [-0.2, -0.15) is 0 Å². The van der Waals surface area contributed by atoms with Crippen molar-refractivity contribution in [3.8, 4) is 0 Å². The number of amides is 3. The maximum Gasteiger partial charge on any atom is 0.243 e. The molecule has 3 amide bonds. The summed E-state index contributed by atoms with van der Waals surface area (Å²) in [6.07, 6.45) is 4.99. The van der Waals surface area contributed by atoms with Gasteiger partial charge in [-0.15, -0.1) is 0 Å². The van der Waals surface area contributed by atoms with E-state index in [4.69, 9.17) is 0 Å². The van der Waals surface area contributed by atoms with Crippen molar-refractivity contribution in [3.63, 3.8) is 0 Å². The van der Waals surface area contributed by atoms with Gasteiger partial charge in [0.2, 0.25) is 17.7 Å². The van der Waals surface area contributed by atoms with E-state index in [1.54, 1.807) is 0 Å². The Labute approximate surface area is 195 Å². The van der Waals surface area contributed by atoms with Crippen LogP contribution in [0, 0.1) is 0 Å². The van der Waals surface area contributed by atoms with Gasteiger partial charge in [0.1, 0.15) is 11.0 Å². The summed E-state index contributed by atoms with van der Waals surface area (Å²) in [6, 6.07) is -0.618. The van der Waals surface area contributed by atoms with E-state index in [-0.39, 0.29) is 53.8 Å². The Morgan fingerprint density at radius 2 is 1.65 bits per heavy atom. The van der Waals surface area contributed by atoms with Crippen LogP contribution in [0.3, 0.4) is 0 Å². The predicted octanol–water partition coefficient (Wildman–Crippen LogP) is 4.18. The maximum atomic E-state index is 12.1. The van der Waals surface area contributed by atoms with E-state index in [0.29, 0.717) is 32.2 Å². The number of carbonyl (C=O) groups excluding carboxylic acids is 5. The quantitative estimate of drug-likeness (QED) is 0.242. The van der Waals surface area contributed by atoms with Crippen LogP contribution in [-0.2, 0) is 24.0 Å². The highest BCUT2D eigenvalue weighted by Gasteiger charge is 2.38. The van der Waals surface area contributed by atoms with E-state index < -0.39 is 6.04 Å². The number of nitrogens with one attached hydrogen (secondary N) is 1. The van der Waals surface area contributed by atoms with Gasteiger partial charge in [-0.1, -0.05) is 55.7 Å². The standard InChI is InChI=1S/C18H28N2O5S2.2C2H6/c1-12(21)8-9-14(13(2)22)19-16(23)7-5-4-6-10-20-17(24)11-15(18(20)25)27-26-3;2*1-2/h14-15H,4-11H2,1-3H3,(H,19,23);2*1-2H3. The summed E-state index contributed by atoms with van der Waals surface area (Å²) in [5.41, 5.74) is 0. The minimum atomic E-state index is -0.618. The van der Waals surface area contributed by atoms with E-state index in [0.717, 1.165) is 0 Å². The zero-order valence-electron chi connectivity index (χ0n) is 20.1. The molecule has 0 saturated carbocycles. The molecule has 2 unspecified atom stereocenters. The van der Waals surface area contributed by atoms with E-state index in [9.17, 15) is 24.0 Å². The molecule has 1 rings (SSSR count). The van der Waals surface area contributed by atoms with Crippen molar-refractivity contribution < 1.29 is 24.0 Å². The Hall–Kier alpha value is -1.35. The molecule has 31 heavy (non-hydrogen) atoms. The first-order valence-electron chi connectivity index (χ1n) is 11.1. The number of carbonyl (C=O) groups is 5. The lowest BCUT2D eigenvalue weighted by atomic mass is 10.1. The second-order valence-electron chi connectivity index (χ2n) is 6.62. The van der Waals surface area contributed by atoms with Gasteiger partial charge in [-0.05, 0) is 39.4 Å². The smallest absolute Gasteiger partial charge is 0.243 e. The van der Waals surface area contributed by atoms with Crippen molar-refractivity contribution >= 4 is 50.9 Å². The molecule has 0 bridgehead atoms. The van der Waals surface area contributed by atoms with Crippen LogP contribution in [0.15, 0.2) is 0 Å². The minimum absolute atomic E-state index is 0.0142. The molecule has 0 aromatic heterocycles. The molecule has 180 valence electrons. The molecule has 2 atom stereocenters. The molecule has 9 heteroatoms. The van der Waals surface area contributed by atoms with Gasteiger partial charge in [-0.3, -0.25) is 24.1 Å². The molecule has 0 aromatic carbocycles. The Kier molecular flexibility index (Phi) is 19.9. The summed E-state index contributed by atoms with van der Waals surface area (Å²) in [4.78, 5) is 59.9. The molecular formula is C22H40N2O5S2. The Balaban J connectivity index is 0. The minimum Gasteiger partial charge on any atom is -0.346 e. The van der Waals surface area contributed by atoms with Crippen LogP contribution in [0.1, 0.15) is 86.5 Å². The zero-order chi connectivity index (χ0) is 24.4. The van der Waals surface area contributed by atoms with Gasteiger partial charge < -0.3 is 10.1 Å². The normalized spacial score (nSPS) is 16.0. The van der Waals surface area contributed by atoms with Crippen LogP contribution in [0.25, 0.3) is 0 Å². The number of nitrogens with zero attached hydrogens (tertiary/aromatic N) is 1. The Morgan fingerprint density at radius 3 is 2.16 bits per heavy atom. The Bertz CT molecular complexity index is 584. The number of unbranched alkanes of at least 4 members (excludes halogenated alkanes) is 2. The summed E-state index contributed by atoms with van der Waals surface area (Å²) in [5.74, 6) is -0.637. The van der Waals surface area contributed by atoms with Gasteiger partial charge in [0.15, 0.2) is 5.78 Å². The molecule has 1 fully saturated rings. The molecule has 1 heterocycles. The molecule has 0 aliphatic carbocycles. The van der Waals surface area contributed by atoms with Crippen molar-refractivity contribution in [1.29, 1.82) is 0 Å². The first-order chi connectivity index (χ1) is 14.8. The highest BCUT2D eigenvalue weighted by molar-refractivity contribution is 8.76. The van der Waals surface area contributed by atoms with E-state index >= 15 is 0 Å². The van der Waals surface area contributed by atoms with Crippen molar-refractivity contribution in [2.75, 3.05) is 12.8 Å². The number of hydrogen-bond acceptors (Lipinski definition) is 7. The summed E-state index contributed by atoms with van der Waals surface area (Å²) in [7, 11) is 2.90. The first kappa shape index (κ1) is 31.8. The number of rotatable bonds is 13. The van der Waals surface area contributed by atoms with Crippen LogP contribution < -0.4 is 5.32 Å². The Morgan fingerprint density at radius 1 is 1.03 bits per heavy atom. The predicted molar refractivity (Wildman–Crippen MR) is 130 cm³/mol. The molecule has 0 aromatic rings. The number of likely N-dealkylation sites (tertiary alicyclic amines) is 1. The molecule has 1 aliphatic rings. The van der Waals surface area contributed by atoms with E-state index in [1.165, 1.54) is 40.3 Å². The summed E-state index contributed by atoms with van der Waals surface area (Å²) in [5, 5.41) is 2.39. The highest BCUT2D eigenvalue weighted by atomic mass is 33.1. The first-order valence-corrected chi connectivity index (χ1v) is 13.7. The molecule has 1 saturated heterocycles.